The Morgan fingerprint density at radius 1 is 1.04 bits per heavy atom. The molecule has 0 saturated heterocycles. The molecule has 3 nitrogen and oxygen atoms in total. The number of fused-ring (bicyclic) bond motifs is 1. The quantitative estimate of drug-likeness (QED) is 0.383. The van der Waals surface area contributed by atoms with Gasteiger partial charge in [0.25, 0.3) is 0 Å². The van der Waals surface area contributed by atoms with E-state index < -0.39 is 0 Å². The number of ether oxygens (including phenoxy) is 1. The van der Waals surface area contributed by atoms with E-state index in [1.54, 1.807) is 12.1 Å². The molecule has 0 aliphatic carbocycles. The van der Waals surface area contributed by atoms with Gasteiger partial charge in [-0.15, -0.1) is 0 Å². The van der Waals surface area contributed by atoms with E-state index in [9.17, 15) is 0 Å². The summed E-state index contributed by atoms with van der Waals surface area (Å²) < 4.78 is 5.87. The molecule has 0 bridgehead atoms. The van der Waals surface area contributed by atoms with Crippen molar-refractivity contribution in [1.29, 1.82) is 0 Å². The Hall–Kier alpha value is -2.23. The summed E-state index contributed by atoms with van der Waals surface area (Å²) in [7, 11) is 0. The van der Waals surface area contributed by atoms with Gasteiger partial charge in [-0.2, -0.15) is 0 Å². The largest absolute Gasteiger partial charge is 0.488 e. The van der Waals surface area contributed by atoms with Crippen LogP contribution in [0.25, 0.3) is 10.8 Å². The fraction of sp³-hybridized carbons (Fsp3) is 0.0556. The topological polar surface area (TPSA) is 41.8 Å². The predicted octanol–water partition coefficient (Wildman–Crippen LogP) is 5.53. The van der Waals surface area contributed by atoms with Crippen molar-refractivity contribution in [2.45, 2.75) is 6.61 Å². The SMILES string of the molecule is ON=Cc1c(OCc2ccc(Cl)cc2Cl)ccc2ccccc12. The third kappa shape index (κ3) is 3.41. The lowest BCUT2D eigenvalue weighted by Crippen LogP contribution is -2.00. The van der Waals surface area contributed by atoms with Gasteiger partial charge >= 0.3 is 0 Å². The Kier molecular flexibility index (Phi) is 4.70. The van der Waals surface area contributed by atoms with E-state index >= 15 is 0 Å². The lowest BCUT2D eigenvalue weighted by molar-refractivity contribution is 0.304. The fourth-order valence-electron chi connectivity index (χ4n) is 2.39. The van der Waals surface area contributed by atoms with Crippen LogP contribution in [0.2, 0.25) is 10.0 Å². The average molecular weight is 346 g/mol. The third-order valence-corrected chi connectivity index (χ3v) is 4.10. The summed E-state index contributed by atoms with van der Waals surface area (Å²) in [4.78, 5) is 0. The average Bonchev–Trinajstić information content (AvgIpc) is 2.55. The first kappa shape index (κ1) is 15.7. The van der Waals surface area contributed by atoms with Crippen molar-refractivity contribution in [2.75, 3.05) is 0 Å². The first-order valence-corrected chi connectivity index (χ1v) is 7.70. The highest BCUT2D eigenvalue weighted by Crippen LogP contribution is 2.28. The van der Waals surface area contributed by atoms with Gasteiger partial charge in [0.15, 0.2) is 0 Å². The van der Waals surface area contributed by atoms with Crippen molar-refractivity contribution in [3.8, 4) is 5.75 Å². The van der Waals surface area contributed by atoms with Gasteiger partial charge in [-0.3, -0.25) is 0 Å². The first-order valence-electron chi connectivity index (χ1n) is 6.95. The maximum atomic E-state index is 8.94. The lowest BCUT2D eigenvalue weighted by atomic mass is 10.0. The smallest absolute Gasteiger partial charge is 0.129 e. The van der Waals surface area contributed by atoms with Crippen molar-refractivity contribution in [3.05, 3.63) is 75.8 Å². The normalized spacial score (nSPS) is 11.2. The van der Waals surface area contributed by atoms with E-state index in [0.717, 1.165) is 21.9 Å². The molecule has 3 aromatic carbocycles. The number of nitrogens with zero attached hydrogens (tertiary/aromatic N) is 1. The fourth-order valence-corrected chi connectivity index (χ4v) is 2.85. The molecule has 0 heterocycles. The van der Waals surface area contributed by atoms with Crippen LogP contribution in [0.5, 0.6) is 5.75 Å². The van der Waals surface area contributed by atoms with Crippen molar-refractivity contribution >= 4 is 40.2 Å². The predicted molar refractivity (Wildman–Crippen MR) is 94.1 cm³/mol. The summed E-state index contributed by atoms with van der Waals surface area (Å²) in [6, 6.07) is 16.9. The zero-order valence-corrected chi connectivity index (χ0v) is 13.6. The Balaban J connectivity index is 1.94. The van der Waals surface area contributed by atoms with E-state index in [-0.39, 0.29) is 0 Å². The van der Waals surface area contributed by atoms with Crippen LogP contribution in [0.1, 0.15) is 11.1 Å². The third-order valence-electron chi connectivity index (χ3n) is 3.52. The molecule has 0 aliphatic rings. The van der Waals surface area contributed by atoms with E-state index in [0.29, 0.717) is 22.4 Å². The molecular weight excluding hydrogens is 333 g/mol. The Morgan fingerprint density at radius 3 is 2.65 bits per heavy atom. The van der Waals surface area contributed by atoms with Crippen LogP contribution in [-0.2, 0) is 6.61 Å². The van der Waals surface area contributed by atoms with Gasteiger partial charge in [0.2, 0.25) is 0 Å². The number of benzene rings is 3. The highest BCUT2D eigenvalue weighted by Gasteiger charge is 2.09. The van der Waals surface area contributed by atoms with Gasteiger partial charge in [0.05, 0.1) is 6.21 Å². The molecule has 3 aromatic rings. The summed E-state index contributed by atoms with van der Waals surface area (Å²) in [5.74, 6) is 0.618. The Morgan fingerprint density at radius 2 is 1.87 bits per heavy atom. The first-order chi connectivity index (χ1) is 11.2. The number of rotatable bonds is 4. The molecule has 0 fully saturated rings. The summed E-state index contributed by atoms with van der Waals surface area (Å²) in [5.41, 5.74) is 1.55. The minimum atomic E-state index is 0.292. The zero-order valence-electron chi connectivity index (χ0n) is 12.0. The van der Waals surface area contributed by atoms with Crippen LogP contribution < -0.4 is 4.74 Å². The van der Waals surface area contributed by atoms with Crippen LogP contribution in [-0.4, -0.2) is 11.4 Å². The Bertz CT molecular complexity index is 878. The molecule has 0 saturated carbocycles. The van der Waals surface area contributed by atoms with E-state index in [2.05, 4.69) is 5.16 Å². The molecule has 0 atom stereocenters. The second-order valence-corrected chi connectivity index (χ2v) is 5.81. The summed E-state index contributed by atoms with van der Waals surface area (Å²) >= 11 is 12.1. The minimum absolute atomic E-state index is 0.292. The Labute approximate surface area is 143 Å². The van der Waals surface area contributed by atoms with Crippen LogP contribution in [0.3, 0.4) is 0 Å². The second-order valence-electron chi connectivity index (χ2n) is 4.97. The molecule has 116 valence electrons. The molecule has 0 radical (unpaired) electrons. The molecule has 3 rings (SSSR count). The number of hydrogen-bond acceptors (Lipinski definition) is 3. The maximum absolute atomic E-state index is 8.94. The maximum Gasteiger partial charge on any atom is 0.129 e. The monoisotopic (exact) mass is 345 g/mol. The molecule has 0 aliphatic heterocycles. The van der Waals surface area contributed by atoms with Gasteiger partial charge in [-0.05, 0) is 29.0 Å². The lowest BCUT2D eigenvalue weighted by Gasteiger charge is -2.12. The molecule has 0 unspecified atom stereocenters. The van der Waals surface area contributed by atoms with Crippen LogP contribution in [0.4, 0.5) is 0 Å². The van der Waals surface area contributed by atoms with Crippen molar-refractivity contribution in [3.63, 3.8) is 0 Å². The molecule has 5 heteroatoms. The van der Waals surface area contributed by atoms with E-state index in [1.165, 1.54) is 6.21 Å². The molecule has 23 heavy (non-hydrogen) atoms. The summed E-state index contributed by atoms with van der Waals surface area (Å²) in [6.07, 6.45) is 1.38. The minimum Gasteiger partial charge on any atom is -0.488 e. The van der Waals surface area contributed by atoms with Gasteiger partial charge in [0.1, 0.15) is 12.4 Å². The van der Waals surface area contributed by atoms with Gasteiger partial charge < -0.3 is 9.94 Å². The van der Waals surface area contributed by atoms with E-state index in [4.69, 9.17) is 33.1 Å². The molecular formula is C18H13Cl2NO2. The molecule has 0 spiro atoms. The van der Waals surface area contributed by atoms with Crippen LogP contribution >= 0.6 is 23.2 Å². The van der Waals surface area contributed by atoms with Crippen molar-refractivity contribution in [1.82, 2.24) is 0 Å². The molecule has 1 N–H and O–H groups in total. The standard InChI is InChI=1S/C18H13Cl2NO2/c19-14-7-5-13(17(20)9-14)11-23-18-8-6-12-3-1-2-4-15(12)16(18)10-21-22/h1-10,22H,11H2. The van der Waals surface area contributed by atoms with Crippen molar-refractivity contribution < 1.29 is 9.94 Å². The van der Waals surface area contributed by atoms with Crippen LogP contribution in [0, 0.1) is 0 Å². The number of hydrogen-bond donors (Lipinski definition) is 1. The van der Waals surface area contributed by atoms with Gasteiger partial charge in [0, 0.05) is 21.2 Å². The van der Waals surface area contributed by atoms with Crippen LogP contribution in [0.15, 0.2) is 59.8 Å². The zero-order chi connectivity index (χ0) is 16.2. The molecule has 0 amide bonds. The molecule has 0 aromatic heterocycles. The summed E-state index contributed by atoms with van der Waals surface area (Å²) in [5, 5.41) is 15.2. The second kappa shape index (κ2) is 6.90. The summed E-state index contributed by atoms with van der Waals surface area (Å²) in [6.45, 7) is 0.292. The van der Waals surface area contributed by atoms with Gasteiger partial charge in [-0.1, -0.05) is 64.8 Å². The van der Waals surface area contributed by atoms with Gasteiger partial charge in [-0.25, -0.2) is 0 Å². The number of oxime groups is 1. The van der Waals surface area contributed by atoms with E-state index in [1.807, 2.05) is 42.5 Å². The highest BCUT2D eigenvalue weighted by atomic mass is 35.5. The highest BCUT2D eigenvalue weighted by molar-refractivity contribution is 6.35. The van der Waals surface area contributed by atoms with Crippen molar-refractivity contribution in [2.24, 2.45) is 5.16 Å². The number of halogens is 2.